The topological polar surface area (TPSA) is 53.1 Å². The number of hydrogen-bond acceptors (Lipinski definition) is 3. The Hall–Kier alpha value is -1.88. The first-order chi connectivity index (χ1) is 7.72. The third-order valence-electron chi connectivity index (χ3n) is 2.26. The Morgan fingerprint density at radius 1 is 1.50 bits per heavy atom. The summed E-state index contributed by atoms with van der Waals surface area (Å²) in [5.74, 6) is 0.0333. The standard InChI is InChI=1S/C11H12FN3O/c1-15-6-5-14-11(15)16-10-4-2-3-9(12)8(10)7-13/h2-6H,7,13H2,1H3. The largest absolute Gasteiger partial charge is 0.425 e. The molecule has 0 atom stereocenters. The summed E-state index contributed by atoms with van der Waals surface area (Å²) in [6, 6.07) is 5.00. The molecule has 0 amide bonds. The molecule has 0 saturated carbocycles. The number of hydrogen-bond donors (Lipinski definition) is 1. The van der Waals surface area contributed by atoms with E-state index in [0.29, 0.717) is 17.3 Å². The van der Waals surface area contributed by atoms with Gasteiger partial charge in [-0.15, -0.1) is 0 Å². The second-order valence-electron chi connectivity index (χ2n) is 3.34. The van der Waals surface area contributed by atoms with Gasteiger partial charge >= 0.3 is 6.01 Å². The van der Waals surface area contributed by atoms with Crippen molar-refractivity contribution in [3.05, 3.63) is 42.0 Å². The van der Waals surface area contributed by atoms with Crippen LogP contribution in [0.25, 0.3) is 0 Å². The Kier molecular flexibility index (Phi) is 2.87. The van der Waals surface area contributed by atoms with Crippen LogP contribution in [0, 0.1) is 5.82 Å². The first-order valence-corrected chi connectivity index (χ1v) is 4.85. The van der Waals surface area contributed by atoms with Gasteiger partial charge in [-0.3, -0.25) is 0 Å². The average molecular weight is 221 g/mol. The van der Waals surface area contributed by atoms with E-state index < -0.39 is 0 Å². The number of ether oxygens (including phenoxy) is 1. The Balaban J connectivity index is 2.35. The second kappa shape index (κ2) is 4.32. The SMILES string of the molecule is Cn1ccnc1Oc1cccc(F)c1CN. The molecule has 0 radical (unpaired) electrons. The number of nitrogens with zero attached hydrogens (tertiary/aromatic N) is 2. The smallest absolute Gasteiger partial charge is 0.301 e. The van der Waals surface area contributed by atoms with E-state index in [2.05, 4.69) is 4.98 Å². The van der Waals surface area contributed by atoms with Crippen LogP contribution in [0.3, 0.4) is 0 Å². The molecule has 0 bridgehead atoms. The van der Waals surface area contributed by atoms with Crippen molar-refractivity contribution in [2.45, 2.75) is 6.54 Å². The normalized spacial score (nSPS) is 10.4. The van der Waals surface area contributed by atoms with Gasteiger partial charge in [0, 0.05) is 31.5 Å². The summed E-state index contributed by atoms with van der Waals surface area (Å²) in [6.45, 7) is 0.0897. The van der Waals surface area contributed by atoms with Gasteiger partial charge < -0.3 is 15.0 Å². The molecule has 4 nitrogen and oxygen atoms in total. The van der Waals surface area contributed by atoms with Crippen molar-refractivity contribution in [1.29, 1.82) is 0 Å². The van der Waals surface area contributed by atoms with Gasteiger partial charge in [-0.05, 0) is 12.1 Å². The van der Waals surface area contributed by atoms with Crippen LogP contribution >= 0.6 is 0 Å². The fraction of sp³-hybridized carbons (Fsp3) is 0.182. The maximum absolute atomic E-state index is 13.4. The Morgan fingerprint density at radius 2 is 2.31 bits per heavy atom. The zero-order valence-electron chi connectivity index (χ0n) is 8.85. The third kappa shape index (κ3) is 1.90. The summed E-state index contributed by atoms with van der Waals surface area (Å²) in [5.41, 5.74) is 5.82. The molecule has 16 heavy (non-hydrogen) atoms. The molecule has 0 saturated heterocycles. The molecular formula is C11H12FN3O. The number of halogens is 1. The summed E-state index contributed by atoms with van der Waals surface area (Å²) in [4.78, 5) is 3.99. The van der Waals surface area contributed by atoms with Crippen molar-refractivity contribution in [1.82, 2.24) is 9.55 Å². The predicted octanol–water partition coefficient (Wildman–Crippen LogP) is 1.81. The van der Waals surface area contributed by atoms with E-state index in [-0.39, 0.29) is 12.4 Å². The Labute approximate surface area is 92.5 Å². The summed E-state index contributed by atoms with van der Waals surface area (Å²) >= 11 is 0. The first kappa shape index (κ1) is 10.6. The van der Waals surface area contributed by atoms with Crippen LogP contribution in [0.5, 0.6) is 11.8 Å². The van der Waals surface area contributed by atoms with Gasteiger partial charge in [0.25, 0.3) is 0 Å². The highest BCUT2D eigenvalue weighted by Crippen LogP contribution is 2.25. The molecule has 0 spiro atoms. The molecule has 0 aliphatic rings. The van der Waals surface area contributed by atoms with Gasteiger partial charge in [-0.2, -0.15) is 0 Å². The Morgan fingerprint density at radius 3 is 2.94 bits per heavy atom. The van der Waals surface area contributed by atoms with Crippen molar-refractivity contribution >= 4 is 0 Å². The molecule has 0 aliphatic carbocycles. The van der Waals surface area contributed by atoms with Crippen LogP contribution in [0.15, 0.2) is 30.6 Å². The van der Waals surface area contributed by atoms with Gasteiger partial charge in [0.15, 0.2) is 0 Å². The highest BCUT2D eigenvalue weighted by molar-refractivity contribution is 5.36. The van der Waals surface area contributed by atoms with Crippen LogP contribution in [0.4, 0.5) is 4.39 Å². The number of aromatic nitrogens is 2. The number of rotatable bonds is 3. The number of nitrogens with two attached hydrogens (primary N) is 1. The van der Waals surface area contributed by atoms with E-state index in [1.807, 2.05) is 0 Å². The average Bonchev–Trinajstić information content (AvgIpc) is 2.65. The highest BCUT2D eigenvalue weighted by Gasteiger charge is 2.10. The van der Waals surface area contributed by atoms with E-state index in [9.17, 15) is 4.39 Å². The monoisotopic (exact) mass is 221 g/mol. The molecule has 0 unspecified atom stereocenters. The van der Waals surface area contributed by atoms with E-state index >= 15 is 0 Å². The van der Waals surface area contributed by atoms with E-state index in [4.69, 9.17) is 10.5 Å². The number of benzene rings is 1. The second-order valence-corrected chi connectivity index (χ2v) is 3.34. The molecule has 2 rings (SSSR count). The minimum Gasteiger partial charge on any atom is -0.425 e. The first-order valence-electron chi connectivity index (χ1n) is 4.85. The molecule has 84 valence electrons. The van der Waals surface area contributed by atoms with Gasteiger partial charge in [-0.1, -0.05) is 6.07 Å². The molecular weight excluding hydrogens is 209 g/mol. The van der Waals surface area contributed by atoms with Crippen LogP contribution in [-0.2, 0) is 13.6 Å². The van der Waals surface area contributed by atoms with Crippen LogP contribution in [0.2, 0.25) is 0 Å². The lowest BCUT2D eigenvalue weighted by atomic mass is 10.2. The minimum absolute atomic E-state index is 0.0897. The fourth-order valence-corrected chi connectivity index (χ4v) is 1.38. The lowest BCUT2D eigenvalue weighted by Gasteiger charge is -2.09. The van der Waals surface area contributed by atoms with Gasteiger partial charge in [0.1, 0.15) is 11.6 Å². The fourth-order valence-electron chi connectivity index (χ4n) is 1.38. The lowest BCUT2D eigenvalue weighted by Crippen LogP contribution is -2.04. The summed E-state index contributed by atoms with van der Waals surface area (Å²) in [7, 11) is 1.80. The molecule has 1 aromatic heterocycles. The summed E-state index contributed by atoms with van der Waals surface area (Å²) in [6.07, 6.45) is 3.35. The van der Waals surface area contributed by atoms with Crippen molar-refractivity contribution in [2.75, 3.05) is 0 Å². The van der Waals surface area contributed by atoms with Gasteiger partial charge in [0.05, 0.1) is 0 Å². The highest BCUT2D eigenvalue weighted by atomic mass is 19.1. The van der Waals surface area contributed by atoms with Crippen LogP contribution in [0.1, 0.15) is 5.56 Å². The summed E-state index contributed by atoms with van der Waals surface area (Å²) in [5, 5.41) is 0. The molecule has 1 aromatic carbocycles. The predicted molar refractivity (Wildman–Crippen MR) is 57.6 cm³/mol. The molecule has 0 aliphatic heterocycles. The van der Waals surface area contributed by atoms with E-state index in [0.717, 1.165) is 0 Å². The van der Waals surface area contributed by atoms with Crippen molar-refractivity contribution < 1.29 is 9.13 Å². The molecule has 1 heterocycles. The molecule has 0 fully saturated rings. The maximum atomic E-state index is 13.4. The number of imidazole rings is 1. The quantitative estimate of drug-likeness (QED) is 0.860. The van der Waals surface area contributed by atoms with Gasteiger partial charge in [0.2, 0.25) is 0 Å². The zero-order valence-corrected chi connectivity index (χ0v) is 8.85. The molecule has 5 heteroatoms. The maximum Gasteiger partial charge on any atom is 0.301 e. The van der Waals surface area contributed by atoms with Crippen molar-refractivity contribution in [3.63, 3.8) is 0 Å². The lowest BCUT2D eigenvalue weighted by molar-refractivity contribution is 0.415. The molecule has 2 aromatic rings. The third-order valence-corrected chi connectivity index (χ3v) is 2.26. The minimum atomic E-state index is -0.366. The zero-order chi connectivity index (χ0) is 11.5. The van der Waals surface area contributed by atoms with Crippen LogP contribution < -0.4 is 10.5 Å². The Bertz CT molecular complexity index is 496. The van der Waals surface area contributed by atoms with E-state index in [1.54, 1.807) is 36.1 Å². The number of aryl methyl sites for hydroxylation is 1. The van der Waals surface area contributed by atoms with Crippen molar-refractivity contribution in [3.8, 4) is 11.8 Å². The summed E-state index contributed by atoms with van der Waals surface area (Å²) < 4.78 is 20.6. The van der Waals surface area contributed by atoms with Crippen molar-refractivity contribution in [2.24, 2.45) is 12.8 Å². The van der Waals surface area contributed by atoms with Crippen LogP contribution in [-0.4, -0.2) is 9.55 Å². The van der Waals surface area contributed by atoms with Gasteiger partial charge in [-0.25, -0.2) is 9.37 Å². The molecule has 2 N–H and O–H groups in total. The van der Waals surface area contributed by atoms with E-state index in [1.165, 1.54) is 6.07 Å².